The second kappa shape index (κ2) is 7.70. The molecule has 152 valence electrons. The van der Waals surface area contributed by atoms with Gasteiger partial charge in [-0.1, -0.05) is 42.5 Å². The van der Waals surface area contributed by atoms with Gasteiger partial charge >= 0.3 is 0 Å². The summed E-state index contributed by atoms with van der Waals surface area (Å²) in [5.41, 5.74) is 5.63. The molecule has 3 aromatic rings. The molecule has 2 heterocycles. The quantitative estimate of drug-likeness (QED) is 0.607. The van der Waals surface area contributed by atoms with Crippen molar-refractivity contribution in [2.24, 2.45) is 0 Å². The number of hydrogen-bond acceptors (Lipinski definition) is 4. The van der Waals surface area contributed by atoms with Crippen molar-refractivity contribution in [3.05, 3.63) is 78.4 Å². The highest BCUT2D eigenvalue weighted by molar-refractivity contribution is 7.79. The number of amides is 1. The maximum absolute atomic E-state index is 13.2. The fraction of sp³-hybridized carbons (Fsp3) is 0.208. The molecule has 5 rings (SSSR count). The molecule has 2 aliphatic heterocycles. The van der Waals surface area contributed by atoms with E-state index in [2.05, 4.69) is 35.2 Å². The van der Waals surface area contributed by atoms with Gasteiger partial charge in [-0.05, 0) is 70.9 Å². The Labute approximate surface area is 178 Å². The Balaban J connectivity index is 1.41. The number of anilines is 2. The first-order valence-electron chi connectivity index (χ1n) is 10.1. The van der Waals surface area contributed by atoms with Crippen molar-refractivity contribution in [3.63, 3.8) is 0 Å². The molecule has 2 atom stereocenters. The molecule has 0 aromatic heterocycles. The third kappa shape index (κ3) is 3.22. The van der Waals surface area contributed by atoms with Crippen molar-refractivity contribution >= 4 is 28.4 Å². The van der Waals surface area contributed by atoms with Gasteiger partial charge in [-0.2, -0.15) is 0 Å². The van der Waals surface area contributed by atoms with Crippen LogP contribution in [-0.4, -0.2) is 33.8 Å². The van der Waals surface area contributed by atoms with Crippen LogP contribution in [0.15, 0.2) is 77.7 Å². The van der Waals surface area contributed by atoms with E-state index in [-0.39, 0.29) is 16.8 Å². The zero-order valence-electron chi connectivity index (χ0n) is 16.4. The normalized spacial score (nSPS) is 19.2. The minimum absolute atomic E-state index is 0.0731. The molecule has 1 unspecified atom stereocenters. The van der Waals surface area contributed by atoms with E-state index in [4.69, 9.17) is 0 Å². The number of hydrogen-bond donors (Lipinski definition) is 0. The summed E-state index contributed by atoms with van der Waals surface area (Å²) in [5.74, 6) is 0.0731. The Kier molecular flexibility index (Phi) is 4.89. The van der Waals surface area contributed by atoms with Crippen molar-refractivity contribution in [2.45, 2.75) is 23.8 Å². The van der Waals surface area contributed by atoms with Crippen LogP contribution in [0.1, 0.15) is 12.0 Å². The maximum Gasteiger partial charge on any atom is 0.249 e. The molecular formula is C24H21N2O3S-. The Morgan fingerprint density at radius 3 is 2.40 bits per heavy atom. The Hall–Kier alpha value is -2.96. The Morgan fingerprint density at radius 1 is 0.900 bits per heavy atom. The van der Waals surface area contributed by atoms with Gasteiger partial charge < -0.3 is 14.4 Å². The molecule has 6 heteroatoms. The molecule has 2 aliphatic rings. The minimum atomic E-state index is -2.26. The SMILES string of the molecule is O=C1[C@@H](N2CCc3c(-c4ccccc4)cccc32)CCN1c1ccc(S(=O)[O-])cc1. The lowest BCUT2D eigenvalue weighted by Gasteiger charge is -2.26. The predicted molar refractivity (Wildman–Crippen MR) is 117 cm³/mol. The zero-order chi connectivity index (χ0) is 20.7. The largest absolute Gasteiger partial charge is 0.768 e. The molecule has 1 fully saturated rings. The van der Waals surface area contributed by atoms with Crippen LogP contribution >= 0.6 is 0 Å². The van der Waals surface area contributed by atoms with Gasteiger partial charge in [-0.15, -0.1) is 0 Å². The molecule has 0 aliphatic carbocycles. The molecule has 30 heavy (non-hydrogen) atoms. The molecular weight excluding hydrogens is 396 g/mol. The van der Waals surface area contributed by atoms with Crippen molar-refractivity contribution in [3.8, 4) is 11.1 Å². The topological polar surface area (TPSA) is 63.7 Å². The highest BCUT2D eigenvalue weighted by Crippen LogP contribution is 2.39. The number of nitrogens with zero attached hydrogens (tertiary/aromatic N) is 2. The van der Waals surface area contributed by atoms with E-state index in [0.717, 1.165) is 30.8 Å². The molecule has 0 saturated carbocycles. The average molecular weight is 418 g/mol. The van der Waals surface area contributed by atoms with E-state index in [1.165, 1.54) is 28.8 Å². The first-order valence-corrected chi connectivity index (χ1v) is 11.2. The Bertz CT molecular complexity index is 1120. The zero-order valence-corrected chi connectivity index (χ0v) is 17.2. The van der Waals surface area contributed by atoms with Crippen molar-refractivity contribution in [2.75, 3.05) is 22.9 Å². The lowest BCUT2D eigenvalue weighted by atomic mass is 9.98. The number of fused-ring (bicyclic) bond motifs is 1. The van der Waals surface area contributed by atoms with Crippen LogP contribution in [0.5, 0.6) is 0 Å². The molecule has 3 aromatic carbocycles. The van der Waals surface area contributed by atoms with Crippen LogP contribution in [-0.2, 0) is 22.3 Å². The smallest absolute Gasteiger partial charge is 0.249 e. The number of carbonyl (C=O) groups excluding carboxylic acids is 1. The summed E-state index contributed by atoms with van der Waals surface area (Å²) < 4.78 is 22.2. The fourth-order valence-corrected chi connectivity index (χ4v) is 4.98. The summed E-state index contributed by atoms with van der Waals surface area (Å²) in [6.07, 6.45) is 1.68. The van der Waals surface area contributed by atoms with Gasteiger partial charge in [0.2, 0.25) is 5.91 Å². The lowest BCUT2D eigenvalue weighted by Crippen LogP contribution is -2.41. The predicted octanol–water partition coefficient (Wildman–Crippen LogP) is 3.76. The Morgan fingerprint density at radius 2 is 1.67 bits per heavy atom. The van der Waals surface area contributed by atoms with Crippen molar-refractivity contribution in [1.29, 1.82) is 0 Å². The van der Waals surface area contributed by atoms with Crippen LogP contribution in [0, 0.1) is 0 Å². The number of rotatable bonds is 4. The fourth-order valence-electron chi connectivity index (χ4n) is 4.62. The molecule has 0 N–H and O–H groups in total. The first-order chi connectivity index (χ1) is 14.6. The van der Waals surface area contributed by atoms with Crippen LogP contribution < -0.4 is 9.80 Å². The van der Waals surface area contributed by atoms with Gasteiger partial charge in [0.1, 0.15) is 6.04 Å². The summed E-state index contributed by atoms with van der Waals surface area (Å²) >= 11 is -2.26. The van der Waals surface area contributed by atoms with E-state index >= 15 is 0 Å². The van der Waals surface area contributed by atoms with Crippen molar-refractivity contribution < 1.29 is 13.6 Å². The number of carbonyl (C=O) groups is 1. The van der Waals surface area contributed by atoms with Crippen LogP contribution in [0.4, 0.5) is 11.4 Å². The first kappa shape index (κ1) is 19.0. The van der Waals surface area contributed by atoms with Gasteiger partial charge in [0.05, 0.1) is 0 Å². The van der Waals surface area contributed by atoms with Crippen LogP contribution in [0.25, 0.3) is 11.1 Å². The summed E-state index contributed by atoms with van der Waals surface area (Å²) in [6, 6.07) is 23.0. The monoisotopic (exact) mass is 417 g/mol. The minimum Gasteiger partial charge on any atom is -0.768 e. The number of benzene rings is 3. The van der Waals surface area contributed by atoms with Crippen molar-refractivity contribution in [1.82, 2.24) is 0 Å². The van der Waals surface area contributed by atoms with E-state index in [1.807, 2.05) is 18.2 Å². The molecule has 0 radical (unpaired) electrons. The van der Waals surface area contributed by atoms with E-state index < -0.39 is 11.1 Å². The molecule has 0 bridgehead atoms. The second-order valence-corrected chi connectivity index (χ2v) is 8.58. The van der Waals surface area contributed by atoms with Gasteiger partial charge in [0, 0.05) is 29.4 Å². The van der Waals surface area contributed by atoms with Gasteiger partial charge in [-0.25, -0.2) is 0 Å². The lowest BCUT2D eigenvalue weighted by molar-refractivity contribution is -0.118. The molecule has 0 spiro atoms. The van der Waals surface area contributed by atoms with Gasteiger partial charge in [0.15, 0.2) is 0 Å². The molecule has 1 saturated heterocycles. The van der Waals surface area contributed by atoms with E-state index in [1.54, 1.807) is 17.0 Å². The molecule has 5 nitrogen and oxygen atoms in total. The van der Waals surface area contributed by atoms with E-state index in [0.29, 0.717) is 6.54 Å². The van der Waals surface area contributed by atoms with Crippen LogP contribution in [0.3, 0.4) is 0 Å². The van der Waals surface area contributed by atoms with Gasteiger partial charge in [0.25, 0.3) is 0 Å². The van der Waals surface area contributed by atoms with Gasteiger partial charge in [-0.3, -0.25) is 9.00 Å². The highest BCUT2D eigenvalue weighted by Gasteiger charge is 2.39. The summed E-state index contributed by atoms with van der Waals surface area (Å²) in [7, 11) is 0. The summed E-state index contributed by atoms with van der Waals surface area (Å²) in [6.45, 7) is 1.46. The second-order valence-electron chi connectivity index (χ2n) is 7.64. The standard InChI is InChI=1S/C24H22N2O3S/c27-24-23(14-16-25(24)18-9-11-19(12-10-18)30(28)29)26-15-13-21-20(7-4-8-22(21)26)17-5-2-1-3-6-17/h1-12,23H,13-16H2,(H,28,29)/p-1/t23-/m0/s1. The van der Waals surface area contributed by atoms with E-state index in [9.17, 15) is 13.6 Å². The third-order valence-corrected chi connectivity index (χ3v) is 6.70. The summed E-state index contributed by atoms with van der Waals surface area (Å²) in [5, 5.41) is 0. The molecule has 1 amide bonds. The summed E-state index contributed by atoms with van der Waals surface area (Å²) in [4.78, 5) is 17.5. The average Bonchev–Trinajstić information content (AvgIpc) is 3.37. The maximum atomic E-state index is 13.2. The highest BCUT2D eigenvalue weighted by atomic mass is 32.2. The third-order valence-electron chi connectivity index (χ3n) is 6.04. The van der Waals surface area contributed by atoms with Crippen LogP contribution in [0.2, 0.25) is 0 Å².